The van der Waals surface area contributed by atoms with Crippen LogP contribution in [-0.4, -0.2) is 25.5 Å². The molecule has 0 rings (SSSR count). The minimum Gasteiger partial charge on any atom is -0.309 e. The van der Waals surface area contributed by atoms with Gasteiger partial charge in [0.1, 0.15) is 0 Å². The zero-order chi connectivity index (χ0) is 10.1. The van der Waals surface area contributed by atoms with E-state index in [0.717, 1.165) is 5.92 Å². The maximum atomic E-state index is 2.33. The van der Waals surface area contributed by atoms with Crippen molar-refractivity contribution in [2.45, 2.75) is 52.4 Å². The summed E-state index contributed by atoms with van der Waals surface area (Å²) in [5, 5.41) is 0. The molecule has 13 heavy (non-hydrogen) atoms. The SMILES string of the molecule is CCCCC(CC)CCCN(C)C. The molecule has 0 saturated carbocycles. The summed E-state index contributed by atoms with van der Waals surface area (Å²) in [6.07, 6.45) is 8.38. The van der Waals surface area contributed by atoms with Gasteiger partial charge in [0.2, 0.25) is 0 Å². The van der Waals surface area contributed by atoms with Gasteiger partial charge in [-0.1, -0.05) is 39.5 Å². The first-order valence-corrected chi connectivity index (χ1v) is 5.85. The van der Waals surface area contributed by atoms with E-state index in [2.05, 4.69) is 32.8 Å². The van der Waals surface area contributed by atoms with E-state index in [-0.39, 0.29) is 0 Å². The highest BCUT2D eigenvalue weighted by atomic mass is 15.0. The predicted molar refractivity (Wildman–Crippen MR) is 61.1 cm³/mol. The van der Waals surface area contributed by atoms with Gasteiger partial charge in [0, 0.05) is 0 Å². The van der Waals surface area contributed by atoms with Gasteiger partial charge in [-0.05, 0) is 39.4 Å². The topological polar surface area (TPSA) is 3.24 Å². The first-order chi connectivity index (χ1) is 6.20. The molecule has 0 fully saturated rings. The highest BCUT2D eigenvalue weighted by Gasteiger charge is 2.05. The Labute approximate surface area is 84.5 Å². The molecule has 0 heterocycles. The second-order valence-electron chi connectivity index (χ2n) is 4.36. The van der Waals surface area contributed by atoms with E-state index < -0.39 is 0 Å². The van der Waals surface area contributed by atoms with Crippen molar-refractivity contribution in [3.05, 3.63) is 0 Å². The minimum absolute atomic E-state index is 0.986. The fourth-order valence-electron chi connectivity index (χ4n) is 1.74. The van der Waals surface area contributed by atoms with E-state index >= 15 is 0 Å². The highest BCUT2D eigenvalue weighted by molar-refractivity contribution is 4.58. The number of hydrogen-bond donors (Lipinski definition) is 0. The molecule has 0 aliphatic carbocycles. The Morgan fingerprint density at radius 1 is 1.00 bits per heavy atom. The van der Waals surface area contributed by atoms with Crippen molar-refractivity contribution in [3.63, 3.8) is 0 Å². The summed E-state index contributed by atoms with van der Waals surface area (Å²) in [7, 11) is 4.32. The monoisotopic (exact) mass is 185 g/mol. The van der Waals surface area contributed by atoms with Crippen LogP contribution < -0.4 is 0 Å². The molecule has 0 N–H and O–H groups in total. The molecule has 0 aromatic carbocycles. The van der Waals surface area contributed by atoms with E-state index in [1.54, 1.807) is 0 Å². The van der Waals surface area contributed by atoms with Crippen molar-refractivity contribution in [2.24, 2.45) is 5.92 Å². The summed E-state index contributed by atoms with van der Waals surface area (Å²) in [5.41, 5.74) is 0. The third-order valence-electron chi connectivity index (χ3n) is 2.76. The minimum atomic E-state index is 0.986. The molecule has 0 bridgehead atoms. The average molecular weight is 185 g/mol. The molecule has 0 aliphatic heterocycles. The first kappa shape index (κ1) is 13.0. The Kier molecular flexibility index (Phi) is 8.53. The van der Waals surface area contributed by atoms with E-state index in [1.165, 1.54) is 45.1 Å². The van der Waals surface area contributed by atoms with Gasteiger partial charge < -0.3 is 4.90 Å². The van der Waals surface area contributed by atoms with E-state index in [0.29, 0.717) is 0 Å². The second-order valence-corrected chi connectivity index (χ2v) is 4.36. The van der Waals surface area contributed by atoms with E-state index in [4.69, 9.17) is 0 Å². The van der Waals surface area contributed by atoms with Crippen LogP contribution in [0, 0.1) is 5.92 Å². The molecule has 0 aliphatic rings. The summed E-state index contributed by atoms with van der Waals surface area (Å²) in [5.74, 6) is 0.986. The van der Waals surface area contributed by atoms with Gasteiger partial charge in [-0.3, -0.25) is 0 Å². The Balaban J connectivity index is 3.36. The Morgan fingerprint density at radius 3 is 2.08 bits per heavy atom. The molecule has 0 spiro atoms. The van der Waals surface area contributed by atoms with Crippen molar-refractivity contribution < 1.29 is 0 Å². The van der Waals surface area contributed by atoms with Crippen LogP contribution in [-0.2, 0) is 0 Å². The van der Waals surface area contributed by atoms with E-state index in [9.17, 15) is 0 Å². The summed E-state index contributed by atoms with van der Waals surface area (Å²) >= 11 is 0. The molecule has 1 atom stereocenters. The molecule has 0 saturated heterocycles. The quantitative estimate of drug-likeness (QED) is 0.559. The largest absolute Gasteiger partial charge is 0.309 e. The molecule has 80 valence electrons. The number of rotatable bonds is 8. The van der Waals surface area contributed by atoms with Crippen molar-refractivity contribution >= 4 is 0 Å². The molecule has 1 heteroatoms. The smallest absolute Gasteiger partial charge is 0.00247 e. The summed E-state index contributed by atoms with van der Waals surface area (Å²) in [4.78, 5) is 2.28. The maximum absolute atomic E-state index is 2.33. The van der Waals surface area contributed by atoms with Crippen LogP contribution in [0.1, 0.15) is 52.4 Å². The fraction of sp³-hybridized carbons (Fsp3) is 1.00. The first-order valence-electron chi connectivity index (χ1n) is 5.85. The second kappa shape index (κ2) is 8.55. The van der Waals surface area contributed by atoms with Crippen molar-refractivity contribution in [3.8, 4) is 0 Å². The lowest BCUT2D eigenvalue weighted by molar-refractivity contribution is 0.347. The van der Waals surface area contributed by atoms with Crippen molar-refractivity contribution in [2.75, 3.05) is 20.6 Å². The number of unbranched alkanes of at least 4 members (excludes halogenated alkanes) is 1. The Hall–Kier alpha value is -0.0400. The highest BCUT2D eigenvalue weighted by Crippen LogP contribution is 2.18. The zero-order valence-corrected chi connectivity index (χ0v) is 9.97. The van der Waals surface area contributed by atoms with Gasteiger partial charge >= 0.3 is 0 Å². The third kappa shape index (κ3) is 8.29. The number of nitrogens with zero attached hydrogens (tertiary/aromatic N) is 1. The lowest BCUT2D eigenvalue weighted by atomic mass is 9.94. The van der Waals surface area contributed by atoms with Gasteiger partial charge in [0.05, 0.1) is 0 Å². The molecule has 1 unspecified atom stereocenters. The third-order valence-corrected chi connectivity index (χ3v) is 2.76. The van der Waals surface area contributed by atoms with Crippen LogP contribution in [0.25, 0.3) is 0 Å². The molecule has 0 amide bonds. The zero-order valence-electron chi connectivity index (χ0n) is 9.97. The van der Waals surface area contributed by atoms with Gasteiger partial charge in [0.15, 0.2) is 0 Å². The van der Waals surface area contributed by atoms with Gasteiger partial charge in [-0.2, -0.15) is 0 Å². The summed E-state index contributed by atoms with van der Waals surface area (Å²) < 4.78 is 0. The molecule has 0 aromatic heterocycles. The molecule has 0 aromatic rings. The standard InChI is InChI=1S/C12H27N/c1-5-7-9-12(6-2)10-8-11-13(3)4/h12H,5-11H2,1-4H3. The normalized spacial score (nSPS) is 13.6. The fourth-order valence-corrected chi connectivity index (χ4v) is 1.74. The molecular weight excluding hydrogens is 158 g/mol. The lowest BCUT2D eigenvalue weighted by Gasteiger charge is -2.15. The van der Waals surface area contributed by atoms with Crippen LogP contribution in [0.4, 0.5) is 0 Å². The average Bonchev–Trinajstić information content (AvgIpc) is 2.10. The lowest BCUT2D eigenvalue weighted by Crippen LogP contribution is -2.14. The van der Waals surface area contributed by atoms with E-state index in [1.807, 2.05) is 0 Å². The maximum Gasteiger partial charge on any atom is -0.00247 e. The summed E-state index contributed by atoms with van der Waals surface area (Å²) in [6, 6.07) is 0. The molecule has 1 nitrogen and oxygen atoms in total. The van der Waals surface area contributed by atoms with Crippen LogP contribution in [0.15, 0.2) is 0 Å². The van der Waals surface area contributed by atoms with Crippen LogP contribution in [0.5, 0.6) is 0 Å². The molecule has 0 radical (unpaired) electrons. The molecular formula is C12H27N. The van der Waals surface area contributed by atoms with Gasteiger partial charge in [0.25, 0.3) is 0 Å². The van der Waals surface area contributed by atoms with Crippen LogP contribution in [0.3, 0.4) is 0 Å². The van der Waals surface area contributed by atoms with Crippen LogP contribution in [0.2, 0.25) is 0 Å². The number of hydrogen-bond acceptors (Lipinski definition) is 1. The van der Waals surface area contributed by atoms with Gasteiger partial charge in [-0.15, -0.1) is 0 Å². The summed E-state index contributed by atoms with van der Waals surface area (Å²) in [6.45, 7) is 5.87. The Bertz CT molecular complexity index is 99.3. The van der Waals surface area contributed by atoms with Gasteiger partial charge in [-0.25, -0.2) is 0 Å². The Morgan fingerprint density at radius 2 is 1.62 bits per heavy atom. The predicted octanol–water partition coefficient (Wildman–Crippen LogP) is 3.54. The van der Waals surface area contributed by atoms with Crippen LogP contribution >= 0.6 is 0 Å². The van der Waals surface area contributed by atoms with Crippen molar-refractivity contribution in [1.82, 2.24) is 4.90 Å². The van der Waals surface area contributed by atoms with Crippen molar-refractivity contribution in [1.29, 1.82) is 0 Å².